The number of hydrogen-bond acceptors (Lipinski definition) is 8. The molecule has 2 heterocycles. The molecule has 29 heavy (non-hydrogen) atoms. The number of rotatable bonds is 8. The average Bonchev–Trinajstić information content (AvgIpc) is 3.13. The molecule has 2 aliphatic rings. The lowest BCUT2D eigenvalue weighted by molar-refractivity contribution is -0.142. The summed E-state index contributed by atoms with van der Waals surface area (Å²) >= 11 is 4.80. The summed E-state index contributed by atoms with van der Waals surface area (Å²) in [6.45, 7) is 6.80. The highest BCUT2D eigenvalue weighted by molar-refractivity contribution is 7.96. The molecule has 10 nitrogen and oxygen atoms in total. The number of ether oxygens (including phenoxy) is 2. The van der Waals surface area contributed by atoms with E-state index in [1.165, 1.54) is 18.9 Å². The molecule has 164 valence electrons. The molecular weight excluding hydrogens is 421 g/mol. The minimum Gasteiger partial charge on any atom is -0.468 e. The van der Waals surface area contributed by atoms with E-state index in [0.29, 0.717) is 12.8 Å². The molecule has 0 aromatic carbocycles. The molecule has 5 unspecified atom stereocenters. The van der Waals surface area contributed by atoms with E-state index >= 15 is 0 Å². The van der Waals surface area contributed by atoms with E-state index in [-0.39, 0.29) is 18.6 Å². The molecule has 0 aromatic rings. The van der Waals surface area contributed by atoms with Gasteiger partial charge in [0.15, 0.2) is 0 Å². The van der Waals surface area contributed by atoms with Crippen molar-refractivity contribution < 1.29 is 32.9 Å². The smallest absolute Gasteiger partial charge is 0.326 e. The summed E-state index contributed by atoms with van der Waals surface area (Å²) < 4.78 is 28.7. The summed E-state index contributed by atoms with van der Waals surface area (Å²) in [5, 5.41) is 5.88. The van der Waals surface area contributed by atoms with Crippen molar-refractivity contribution in [3.05, 3.63) is 0 Å². The van der Waals surface area contributed by atoms with Crippen molar-refractivity contribution in [2.45, 2.75) is 65.0 Å². The van der Waals surface area contributed by atoms with Gasteiger partial charge in [-0.3, -0.25) is 24.4 Å². The predicted molar refractivity (Wildman–Crippen MR) is 108 cm³/mol. The Balaban J connectivity index is 1.96. The van der Waals surface area contributed by atoms with Crippen LogP contribution in [0.2, 0.25) is 0 Å². The van der Waals surface area contributed by atoms with Crippen LogP contribution in [0.15, 0.2) is 0 Å². The van der Waals surface area contributed by atoms with Crippen molar-refractivity contribution in [1.29, 1.82) is 0 Å². The fraction of sp³-hybridized carbons (Fsp3) is 0.765. The molecule has 2 fully saturated rings. The number of carbonyl (C=O) groups excluding carboxylic acids is 3. The summed E-state index contributed by atoms with van der Waals surface area (Å²) in [5.74, 6) is -0.915. The molecule has 2 saturated heterocycles. The Morgan fingerprint density at radius 2 is 2.14 bits per heavy atom. The quantitative estimate of drug-likeness (QED) is 0.324. The second-order valence-electron chi connectivity index (χ2n) is 7.73. The molecule has 12 heteroatoms. The first-order valence-corrected chi connectivity index (χ1v) is 11.5. The first-order valence-electron chi connectivity index (χ1n) is 9.30. The van der Waals surface area contributed by atoms with Crippen LogP contribution in [-0.2, 0) is 28.2 Å². The van der Waals surface area contributed by atoms with Gasteiger partial charge in [0.2, 0.25) is 5.91 Å². The molecule has 0 bridgehead atoms. The monoisotopic (exact) mass is 449 g/mol. The molecule has 2 aliphatic heterocycles. The summed E-state index contributed by atoms with van der Waals surface area (Å²) in [7, 11) is -2.33. The van der Waals surface area contributed by atoms with Crippen LogP contribution < -0.4 is 10.4 Å². The molecule has 0 saturated carbocycles. The van der Waals surface area contributed by atoms with Gasteiger partial charge in [-0.25, -0.2) is 9.88 Å². The zero-order valence-electron chi connectivity index (χ0n) is 17.2. The molecule has 0 aliphatic carbocycles. The predicted octanol–water partition coefficient (Wildman–Crippen LogP) is 1.78. The van der Waals surface area contributed by atoms with Crippen LogP contribution >= 0.6 is 19.7 Å². The summed E-state index contributed by atoms with van der Waals surface area (Å²) in [6.07, 6.45) is 0.169. The van der Waals surface area contributed by atoms with Gasteiger partial charge in [-0.2, -0.15) is 0 Å². The van der Waals surface area contributed by atoms with Gasteiger partial charge in [-0.05, 0) is 40.5 Å². The number of esters is 1. The molecule has 5 atom stereocenters. The number of imide groups is 1. The third-order valence-corrected chi connectivity index (χ3v) is 7.81. The Labute approximate surface area is 175 Å². The fourth-order valence-corrected chi connectivity index (χ4v) is 4.82. The first kappa shape index (κ1) is 23.9. The van der Waals surface area contributed by atoms with Crippen LogP contribution in [0, 0.1) is 5.41 Å². The van der Waals surface area contributed by atoms with Gasteiger partial charge < -0.3 is 14.0 Å². The molecule has 0 aromatic heterocycles. The van der Waals surface area contributed by atoms with Crippen LogP contribution in [0.5, 0.6) is 0 Å². The third kappa shape index (κ3) is 5.21. The van der Waals surface area contributed by atoms with Gasteiger partial charge in [0.25, 0.3) is 0 Å². The van der Waals surface area contributed by atoms with E-state index in [0.717, 1.165) is 5.11 Å². The van der Waals surface area contributed by atoms with E-state index in [1.807, 2.05) is 6.92 Å². The zero-order chi connectivity index (χ0) is 22.0. The molecule has 2 N–H and O–H groups in total. The molecule has 3 amide bonds. The number of urea groups is 1. The number of nitrogens with zero attached hydrogens (tertiary/aromatic N) is 1. The Morgan fingerprint density at radius 3 is 2.72 bits per heavy atom. The summed E-state index contributed by atoms with van der Waals surface area (Å²) in [4.78, 5) is 37.4. The van der Waals surface area contributed by atoms with Crippen molar-refractivity contribution in [3.63, 3.8) is 0 Å². The maximum atomic E-state index is 12.7. The van der Waals surface area contributed by atoms with Gasteiger partial charge in [0.1, 0.15) is 12.3 Å². The van der Waals surface area contributed by atoms with Crippen LogP contribution in [0.4, 0.5) is 4.79 Å². The fourth-order valence-electron chi connectivity index (χ4n) is 3.22. The maximum Gasteiger partial charge on any atom is 0.326 e. The highest BCUT2D eigenvalue weighted by Crippen LogP contribution is 2.41. The average molecular weight is 449 g/mol. The van der Waals surface area contributed by atoms with Crippen molar-refractivity contribution in [1.82, 2.24) is 15.3 Å². The van der Waals surface area contributed by atoms with Crippen LogP contribution in [-0.4, -0.2) is 66.0 Å². The van der Waals surface area contributed by atoms with Gasteiger partial charge in [-0.1, -0.05) is 12.2 Å². The lowest BCUT2D eigenvalue weighted by Gasteiger charge is -2.45. The van der Waals surface area contributed by atoms with Gasteiger partial charge in [0.05, 0.1) is 30.3 Å². The lowest BCUT2D eigenvalue weighted by Crippen LogP contribution is -2.65. The van der Waals surface area contributed by atoms with E-state index in [1.54, 1.807) is 13.8 Å². The minimum atomic E-state index is -3.56. The maximum absolute atomic E-state index is 12.7. The Morgan fingerprint density at radius 1 is 1.48 bits per heavy atom. The van der Waals surface area contributed by atoms with Crippen LogP contribution in [0.3, 0.4) is 0 Å². The van der Waals surface area contributed by atoms with E-state index < -0.39 is 43.3 Å². The highest BCUT2D eigenvalue weighted by Gasteiger charge is 2.49. The number of methoxy groups -OCH3 is 1. The first-order chi connectivity index (χ1) is 13.4. The molecule has 0 radical (unpaired) electrons. The summed E-state index contributed by atoms with van der Waals surface area (Å²) in [5.41, 5.74) is -0.757. The van der Waals surface area contributed by atoms with Gasteiger partial charge in [-0.15, -0.1) is 0 Å². The topological polar surface area (TPSA) is 123 Å². The Hall–Kier alpha value is -1.39. The number of nitrogens with one attached hydrogen (secondary N) is 2. The van der Waals surface area contributed by atoms with E-state index in [4.69, 9.17) is 21.5 Å². The second kappa shape index (κ2) is 9.18. The van der Waals surface area contributed by atoms with E-state index in [2.05, 4.69) is 15.1 Å². The van der Waals surface area contributed by atoms with Crippen LogP contribution in [0.1, 0.15) is 40.5 Å². The van der Waals surface area contributed by atoms with Crippen molar-refractivity contribution >= 4 is 42.8 Å². The van der Waals surface area contributed by atoms with Crippen molar-refractivity contribution in [2.24, 2.45) is 5.41 Å². The lowest BCUT2D eigenvalue weighted by atomic mass is 9.81. The van der Waals surface area contributed by atoms with E-state index in [9.17, 15) is 18.9 Å². The number of carbonyl (C=O) groups is 3. The second-order valence-corrected chi connectivity index (χ2v) is 10.3. The number of hydrogen-bond donors (Lipinski definition) is 2. The third-order valence-electron chi connectivity index (χ3n) is 5.42. The minimum absolute atomic E-state index is 0.0338. The normalized spacial score (nSPS) is 29.7. The molecular formula is C17H28N3O7PS. The molecule has 0 spiro atoms. The van der Waals surface area contributed by atoms with Gasteiger partial charge >= 0.3 is 19.5 Å². The Bertz CT molecular complexity index is 732. The van der Waals surface area contributed by atoms with Crippen molar-refractivity contribution in [2.75, 3.05) is 13.7 Å². The van der Waals surface area contributed by atoms with Crippen LogP contribution in [0.25, 0.3) is 0 Å². The number of amides is 3. The Kier molecular flexibility index (Phi) is 7.56. The zero-order valence-corrected chi connectivity index (χ0v) is 18.9. The highest BCUT2D eigenvalue weighted by atomic mass is 32.1. The standard InChI is InChI=1S/C17H28N3O7PS/c1-10(14(21)25-5)19-28(24,9-29)26-8-12-6-7-13(27-12)20-11(2)17(3,4)15(22)18-16(20)23/h9-13H,6-8H2,1-5H3,(H,19,24)(H,18,22,23). The summed E-state index contributed by atoms with van der Waals surface area (Å²) in [6, 6.07) is -1.71. The van der Waals surface area contributed by atoms with Crippen molar-refractivity contribution in [3.8, 4) is 0 Å². The SMILES string of the molecule is COC(=O)C(C)NP(=O)(C=S)OCC1CCC(N2C(=O)NC(=O)C(C)(C)C2C)O1. The number of thiocarbonyl (C=S) groups is 1. The van der Waals surface area contributed by atoms with Gasteiger partial charge in [0, 0.05) is 6.04 Å². The largest absolute Gasteiger partial charge is 0.468 e. The molecule has 2 rings (SSSR count).